The molecule has 30 heavy (non-hydrogen) atoms. The maximum Gasteiger partial charge on any atom is 0.419 e. The van der Waals surface area contributed by atoms with E-state index in [4.69, 9.17) is 4.74 Å². The van der Waals surface area contributed by atoms with Crippen LogP contribution in [0, 0.1) is 5.82 Å². The van der Waals surface area contributed by atoms with Crippen LogP contribution >= 0.6 is 0 Å². The lowest BCUT2D eigenvalue weighted by molar-refractivity contribution is -0.140. The third-order valence-electron chi connectivity index (χ3n) is 4.95. The van der Waals surface area contributed by atoms with Crippen molar-refractivity contribution in [1.29, 1.82) is 0 Å². The Labute approximate surface area is 170 Å². The quantitative estimate of drug-likeness (QED) is 0.351. The minimum atomic E-state index is -4.96. The van der Waals surface area contributed by atoms with E-state index in [0.717, 1.165) is 37.1 Å². The van der Waals surface area contributed by atoms with Crippen molar-refractivity contribution in [3.8, 4) is 5.75 Å². The summed E-state index contributed by atoms with van der Waals surface area (Å²) in [5, 5.41) is 0. The highest BCUT2D eigenvalue weighted by Crippen LogP contribution is 2.48. The van der Waals surface area contributed by atoms with Crippen LogP contribution in [0.2, 0.25) is 0 Å². The molecule has 2 aromatic rings. The fourth-order valence-electron chi connectivity index (χ4n) is 3.34. The number of hydrogen-bond acceptors (Lipinski definition) is 1. The number of benzene rings is 2. The number of alkyl halides is 5. The molecule has 1 nitrogen and oxygen atoms in total. The van der Waals surface area contributed by atoms with Gasteiger partial charge in [-0.3, -0.25) is 0 Å². The number of hydrogen-bond donors (Lipinski definition) is 0. The highest BCUT2D eigenvalue weighted by Gasteiger charge is 2.47. The fraction of sp³-hybridized carbons (Fsp3) is 0.304. The van der Waals surface area contributed by atoms with Gasteiger partial charge in [-0.05, 0) is 36.3 Å². The summed E-state index contributed by atoms with van der Waals surface area (Å²) in [5.74, 6) is -1.19. The van der Waals surface area contributed by atoms with Gasteiger partial charge in [0.15, 0.2) is 11.8 Å². The second kappa shape index (κ2) is 8.58. The first-order valence-corrected chi connectivity index (χ1v) is 9.51. The van der Waals surface area contributed by atoms with Crippen molar-refractivity contribution >= 4 is 5.57 Å². The zero-order valence-corrected chi connectivity index (χ0v) is 16.1. The van der Waals surface area contributed by atoms with Gasteiger partial charge in [-0.15, -0.1) is 0 Å². The molecular formula is C23H20F6O. The van der Waals surface area contributed by atoms with Crippen LogP contribution in [0.5, 0.6) is 5.75 Å². The van der Waals surface area contributed by atoms with Gasteiger partial charge in [0.25, 0.3) is 0 Å². The smallest absolute Gasteiger partial charge is 0.419 e. The molecule has 0 saturated carbocycles. The second-order valence-corrected chi connectivity index (χ2v) is 6.97. The Morgan fingerprint density at radius 3 is 2.40 bits per heavy atom. The predicted molar refractivity (Wildman–Crippen MR) is 103 cm³/mol. The van der Waals surface area contributed by atoms with Gasteiger partial charge in [0.05, 0.1) is 12.2 Å². The lowest BCUT2D eigenvalue weighted by Crippen LogP contribution is -2.34. The molecule has 0 heterocycles. The number of halogens is 6. The lowest BCUT2D eigenvalue weighted by atomic mass is 9.77. The van der Waals surface area contributed by atoms with Crippen LogP contribution in [0.4, 0.5) is 26.3 Å². The van der Waals surface area contributed by atoms with Crippen molar-refractivity contribution in [2.75, 3.05) is 6.61 Å². The highest BCUT2D eigenvalue weighted by molar-refractivity contribution is 5.78. The third kappa shape index (κ3) is 4.11. The van der Waals surface area contributed by atoms with E-state index in [-0.39, 0.29) is 5.56 Å². The zero-order chi connectivity index (χ0) is 21.9. The Kier molecular flexibility index (Phi) is 6.29. The number of unbranched alkanes of at least 4 members (excludes halogenated alkanes) is 1. The summed E-state index contributed by atoms with van der Waals surface area (Å²) in [6.45, 7) is 2.46. The number of rotatable bonds is 6. The van der Waals surface area contributed by atoms with Gasteiger partial charge >= 0.3 is 6.18 Å². The SMILES string of the molecule is CCCCOc1ccc(C2(F)C(c3cccc(C(F)(F)F)c3F)=CC=CC2F)cc1. The van der Waals surface area contributed by atoms with Crippen molar-refractivity contribution < 1.29 is 31.1 Å². The minimum Gasteiger partial charge on any atom is -0.494 e. The highest BCUT2D eigenvalue weighted by atomic mass is 19.4. The molecule has 0 aromatic heterocycles. The van der Waals surface area contributed by atoms with E-state index in [1.165, 1.54) is 30.3 Å². The standard InChI is InChI=1S/C23H20F6O/c1-2-3-14-30-16-12-10-15(11-13-16)22(26)18(7-5-9-20(22)24)17-6-4-8-19(21(17)25)23(27,28)29/h4-13,20H,2-3,14H2,1H3. The van der Waals surface area contributed by atoms with Gasteiger partial charge in [-0.25, -0.2) is 13.2 Å². The molecule has 0 spiro atoms. The van der Waals surface area contributed by atoms with E-state index in [9.17, 15) is 22.0 Å². The van der Waals surface area contributed by atoms with E-state index in [1.54, 1.807) is 0 Å². The zero-order valence-electron chi connectivity index (χ0n) is 16.1. The fourth-order valence-corrected chi connectivity index (χ4v) is 3.34. The van der Waals surface area contributed by atoms with Crippen molar-refractivity contribution in [3.63, 3.8) is 0 Å². The van der Waals surface area contributed by atoms with E-state index >= 15 is 4.39 Å². The Morgan fingerprint density at radius 1 is 1.07 bits per heavy atom. The van der Waals surface area contributed by atoms with Crippen molar-refractivity contribution in [2.24, 2.45) is 0 Å². The van der Waals surface area contributed by atoms with Gasteiger partial charge < -0.3 is 4.74 Å². The van der Waals surface area contributed by atoms with E-state index in [1.807, 2.05) is 6.92 Å². The molecule has 2 atom stereocenters. The normalized spacial score (nSPS) is 21.4. The summed E-state index contributed by atoms with van der Waals surface area (Å²) in [7, 11) is 0. The van der Waals surface area contributed by atoms with Crippen molar-refractivity contribution in [2.45, 2.75) is 37.8 Å². The average molecular weight is 426 g/mol. The first-order valence-electron chi connectivity index (χ1n) is 9.51. The van der Waals surface area contributed by atoms with Crippen molar-refractivity contribution in [3.05, 3.63) is 83.2 Å². The molecule has 0 amide bonds. The Hall–Kier alpha value is -2.70. The Bertz CT molecular complexity index is 945. The summed E-state index contributed by atoms with van der Waals surface area (Å²) in [6, 6.07) is 8.05. The number of allylic oxidation sites excluding steroid dienone is 4. The molecule has 7 heteroatoms. The molecule has 0 N–H and O–H groups in total. The molecule has 0 aliphatic heterocycles. The van der Waals surface area contributed by atoms with E-state index in [0.29, 0.717) is 18.4 Å². The Balaban J connectivity index is 2.03. The first-order chi connectivity index (χ1) is 14.2. The van der Waals surface area contributed by atoms with Crippen LogP contribution in [0.15, 0.2) is 60.7 Å². The second-order valence-electron chi connectivity index (χ2n) is 6.97. The van der Waals surface area contributed by atoms with Crippen LogP contribution < -0.4 is 4.74 Å². The van der Waals surface area contributed by atoms with Crippen LogP contribution in [-0.4, -0.2) is 12.8 Å². The van der Waals surface area contributed by atoms with Gasteiger partial charge in [0, 0.05) is 11.1 Å². The maximum absolute atomic E-state index is 16.1. The summed E-state index contributed by atoms with van der Waals surface area (Å²) < 4.78 is 90.4. The van der Waals surface area contributed by atoms with Gasteiger partial charge in [0.1, 0.15) is 11.6 Å². The molecule has 1 aliphatic carbocycles. The van der Waals surface area contributed by atoms with E-state index in [2.05, 4.69) is 0 Å². The molecular weight excluding hydrogens is 406 g/mol. The monoisotopic (exact) mass is 426 g/mol. The van der Waals surface area contributed by atoms with Crippen LogP contribution in [0.1, 0.15) is 36.5 Å². The molecule has 0 fully saturated rings. The van der Waals surface area contributed by atoms with Gasteiger partial charge in [-0.2, -0.15) is 13.2 Å². The van der Waals surface area contributed by atoms with Crippen LogP contribution in [0.25, 0.3) is 5.57 Å². The van der Waals surface area contributed by atoms with Crippen molar-refractivity contribution in [1.82, 2.24) is 0 Å². The maximum atomic E-state index is 16.1. The molecule has 3 rings (SSSR count). The topological polar surface area (TPSA) is 9.23 Å². The molecule has 2 aromatic carbocycles. The Morgan fingerprint density at radius 2 is 1.77 bits per heavy atom. The average Bonchev–Trinajstić information content (AvgIpc) is 2.70. The third-order valence-corrected chi connectivity index (χ3v) is 4.95. The first kappa shape index (κ1) is 22.0. The summed E-state index contributed by atoms with van der Waals surface area (Å²) in [5.41, 5.74) is -5.69. The van der Waals surface area contributed by atoms with Crippen LogP contribution in [-0.2, 0) is 11.8 Å². The van der Waals surface area contributed by atoms with Gasteiger partial charge in [0.2, 0.25) is 0 Å². The van der Waals surface area contributed by atoms with Crippen LogP contribution in [0.3, 0.4) is 0 Å². The summed E-state index contributed by atoms with van der Waals surface area (Å²) in [6.07, 6.45) is -2.21. The molecule has 0 saturated heterocycles. The minimum absolute atomic E-state index is 0.148. The molecule has 1 aliphatic rings. The molecule has 0 bridgehead atoms. The lowest BCUT2D eigenvalue weighted by Gasteiger charge is -2.33. The van der Waals surface area contributed by atoms with Gasteiger partial charge in [-0.1, -0.05) is 49.8 Å². The van der Waals surface area contributed by atoms with E-state index < -0.39 is 40.5 Å². The molecule has 2 unspecified atom stereocenters. The summed E-state index contributed by atoms with van der Waals surface area (Å²) in [4.78, 5) is 0. The predicted octanol–water partition coefficient (Wildman–Crippen LogP) is 7.18. The largest absolute Gasteiger partial charge is 0.494 e. The molecule has 160 valence electrons. The molecule has 0 radical (unpaired) electrons. The number of ether oxygens (including phenoxy) is 1. The summed E-state index contributed by atoms with van der Waals surface area (Å²) >= 11 is 0.